The molecule has 0 radical (unpaired) electrons. The Morgan fingerprint density at radius 1 is 1.09 bits per heavy atom. The molecule has 0 spiro atoms. The minimum absolute atomic E-state index is 0.00890. The van der Waals surface area contributed by atoms with Crippen LogP contribution in [0.25, 0.3) is 0 Å². The van der Waals surface area contributed by atoms with Crippen molar-refractivity contribution in [3.8, 4) is 6.07 Å². The minimum atomic E-state index is -3.79. The van der Waals surface area contributed by atoms with Gasteiger partial charge in [0.2, 0.25) is 16.1 Å². The Morgan fingerprint density at radius 2 is 1.75 bits per heavy atom. The Kier molecular flexibility index (Phi) is 7.94. The highest BCUT2D eigenvalue weighted by Crippen LogP contribution is 2.23. The van der Waals surface area contributed by atoms with Crippen molar-refractivity contribution < 1.29 is 27.5 Å². The summed E-state index contributed by atoms with van der Waals surface area (Å²) in [5.74, 6) is -1.09. The van der Waals surface area contributed by atoms with Gasteiger partial charge in [-0.25, -0.2) is 17.9 Å². The number of hydrogen-bond acceptors (Lipinski definition) is 7. The van der Waals surface area contributed by atoms with E-state index in [0.717, 1.165) is 0 Å². The van der Waals surface area contributed by atoms with Gasteiger partial charge in [0.1, 0.15) is 0 Å². The Balaban J connectivity index is 1.76. The Labute approximate surface area is 186 Å². The number of nitriles is 1. The zero-order valence-corrected chi connectivity index (χ0v) is 18.1. The molecule has 0 aromatic heterocycles. The highest BCUT2D eigenvalue weighted by molar-refractivity contribution is 7.89. The van der Waals surface area contributed by atoms with Crippen molar-refractivity contribution in [1.82, 2.24) is 9.62 Å². The molecule has 1 aliphatic rings. The van der Waals surface area contributed by atoms with Gasteiger partial charge < -0.3 is 14.4 Å². The summed E-state index contributed by atoms with van der Waals surface area (Å²) >= 11 is 0. The number of nitrogens with zero attached hydrogens (tertiary/aromatic N) is 2. The Bertz CT molecular complexity index is 1070. The van der Waals surface area contributed by atoms with Gasteiger partial charge >= 0.3 is 5.97 Å². The molecule has 1 fully saturated rings. The largest absolute Gasteiger partial charge is 0.444 e. The van der Waals surface area contributed by atoms with E-state index in [-0.39, 0.29) is 29.3 Å². The molecule has 1 unspecified atom stereocenters. The number of morpholine rings is 1. The average Bonchev–Trinajstić information content (AvgIpc) is 2.83. The second-order valence-corrected chi connectivity index (χ2v) is 8.73. The fraction of sp³-hybridized carbons (Fsp3) is 0.318. The standard InChI is InChI=1S/C22H23N3O6S/c23-11-4-12-24-32(28,29)19-9-7-18(8-10-19)22(27)31-20(17-5-2-1-3-6-17)21(26)25-13-15-30-16-14-25/h1-3,5-10,20,24H,4,12-16H2. The van der Waals surface area contributed by atoms with Crippen molar-refractivity contribution in [2.45, 2.75) is 17.4 Å². The van der Waals surface area contributed by atoms with Crippen LogP contribution in [0.2, 0.25) is 0 Å². The van der Waals surface area contributed by atoms with E-state index >= 15 is 0 Å². The highest BCUT2D eigenvalue weighted by atomic mass is 32.2. The van der Waals surface area contributed by atoms with Gasteiger partial charge in [0.25, 0.3) is 5.91 Å². The van der Waals surface area contributed by atoms with Gasteiger partial charge in [-0.15, -0.1) is 0 Å². The van der Waals surface area contributed by atoms with Crippen molar-refractivity contribution in [3.05, 3.63) is 65.7 Å². The molecular formula is C22H23N3O6S. The fourth-order valence-electron chi connectivity index (χ4n) is 3.11. The van der Waals surface area contributed by atoms with E-state index in [0.29, 0.717) is 31.9 Å². The van der Waals surface area contributed by atoms with Crippen LogP contribution in [-0.2, 0) is 24.3 Å². The van der Waals surface area contributed by atoms with Gasteiger partial charge in [0.05, 0.1) is 29.7 Å². The van der Waals surface area contributed by atoms with E-state index < -0.39 is 22.1 Å². The van der Waals surface area contributed by atoms with Crippen LogP contribution in [0.1, 0.15) is 28.4 Å². The molecule has 0 saturated carbocycles. The topological polar surface area (TPSA) is 126 Å². The van der Waals surface area contributed by atoms with Crippen LogP contribution >= 0.6 is 0 Å². The van der Waals surface area contributed by atoms with Crippen LogP contribution in [-0.4, -0.2) is 58.0 Å². The van der Waals surface area contributed by atoms with Gasteiger partial charge in [0.15, 0.2) is 0 Å². The first-order valence-corrected chi connectivity index (χ1v) is 11.5. The minimum Gasteiger partial charge on any atom is -0.444 e. The first kappa shape index (κ1) is 23.4. The van der Waals surface area contributed by atoms with E-state index in [1.807, 2.05) is 6.07 Å². The third kappa shape index (κ3) is 5.91. The number of nitrogens with one attached hydrogen (secondary N) is 1. The molecule has 0 bridgehead atoms. The molecule has 1 atom stereocenters. The number of rotatable bonds is 8. The smallest absolute Gasteiger partial charge is 0.339 e. The Hall–Kier alpha value is -3.26. The van der Waals surface area contributed by atoms with Crippen molar-refractivity contribution in [3.63, 3.8) is 0 Å². The summed E-state index contributed by atoms with van der Waals surface area (Å²) in [4.78, 5) is 27.4. The lowest BCUT2D eigenvalue weighted by molar-refractivity contribution is -0.145. The summed E-state index contributed by atoms with van der Waals surface area (Å²) in [7, 11) is -3.79. The van der Waals surface area contributed by atoms with Crippen LogP contribution in [0.3, 0.4) is 0 Å². The third-order valence-electron chi connectivity index (χ3n) is 4.80. The van der Waals surface area contributed by atoms with Crippen LogP contribution in [0.15, 0.2) is 59.5 Å². The summed E-state index contributed by atoms with van der Waals surface area (Å²) in [5.41, 5.74) is 0.648. The zero-order chi connectivity index (χ0) is 23.0. The van der Waals surface area contributed by atoms with Crippen LogP contribution in [0.5, 0.6) is 0 Å². The molecular weight excluding hydrogens is 434 g/mol. The molecule has 2 aromatic rings. The number of ether oxygens (including phenoxy) is 2. The maximum Gasteiger partial charge on any atom is 0.339 e. The van der Waals surface area contributed by atoms with Crippen molar-refractivity contribution in [1.29, 1.82) is 5.26 Å². The van der Waals surface area contributed by atoms with E-state index in [9.17, 15) is 18.0 Å². The van der Waals surface area contributed by atoms with Gasteiger partial charge in [-0.2, -0.15) is 5.26 Å². The fourth-order valence-corrected chi connectivity index (χ4v) is 4.14. The highest BCUT2D eigenvalue weighted by Gasteiger charge is 2.31. The molecule has 1 N–H and O–H groups in total. The van der Waals surface area contributed by atoms with E-state index in [1.165, 1.54) is 24.3 Å². The molecule has 1 heterocycles. The van der Waals surface area contributed by atoms with Crippen LogP contribution in [0, 0.1) is 11.3 Å². The number of benzene rings is 2. The molecule has 1 aliphatic heterocycles. The lowest BCUT2D eigenvalue weighted by Gasteiger charge is -2.30. The predicted octanol–water partition coefficient (Wildman–Crippen LogP) is 1.64. The predicted molar refractivity (Wildman–Crippen MR) is 114 cm³/mol. The molecule has 2 aromatic carbocycles. The number of sulfonamides is 1. The summed E-state index contributed by atoms with van der Waals surface area (Å²) in [6.45, 7) is 1.64. The maximum absolute atomic E-state index is 13.1. The third-order valence-corrected chi connectivity index (χ3v) is 6.28. The maximum atomic E-state index is 13.1. The lowest BCUT2D eigenvalue weighted by Crippen LogP contribution is -2.44. The molecule has 9 nitrogen and oxygen atoms in total. The molecule has 1 saturated heterocycles. The zero-order valence-electron chi connectivity index (χ0n) is 17.3. The Morgan fingerprint density at radius 3 is 2.38 bits per heavy atom. The molecule has 168 valence electrons. The van der Waals surface area contributed by atoms with E-state index in [4.69, 9.17) is 14.7 Å². The first-order chi connectivity index (χ1) is 15.4. The first-order valence-electron chi connectivity index (χ1n) is 10.0. The van der Waals surface area contributed by atoms with Gasteiger partial charge in [-0.1, -0.05) is 30.3 Å². The molecule has 3 rings (SSSR count). The van der Waals surface area contributed by atoms with Gasteiger partial charge in [-0.05, 0) is 24.3 Å². The second-order valence-electron chi connectivity index (χ2n) is 6.96. The van der Waals surface area contributed by atoms with Crippen molar-refractivity contribution in [2.24, 2.45) is 0 Å². The average molecular weight is 458 g/mol. The number of carbonyl (C=O) groups is 2. The second kappa shape index (κ2) is 10.9. The normalized spacial score (nSPS) is 14.9. The van der Waals surface area contributed by atoms with Gasteiger partial charge in [-0.3, -0.25) is 4.79 Å². The summed E-state index contributed by atoms with van der Waals surface area (Å²) < 4.78 is 37.6. The molecule has 0 aliphatic carbocycles. The lowest BCUT2D eigenvalue weighted by atomic mass is 10.1. The molecule has 10 heteroatoms. The molecule has 1 amide bonds. The van der Waals surface area contributed by atoms with E-state index in [2.05, 4.69) is 4.72 Å². The van der Waals surface area contributed by atoms with E-state index in [1.54, 1.807) is 35.2 Å². The number of amides is 1. The van der Waals surface area contributed by atoms with Crippen LogP contribution < -0.4 is 4.72 Å². The molecule has 32 heavy (non-hydrogen) atoms. The summed E-state index contributed by atoms with van der Waals surface area (Å²) in [6.07, 6.45) is -1.08. The summed E-state index contributed by atoms with van der Waals surface area (Å²) in [5, 5.41) is 8.54. The van der Waals surface area contributed by atoms with Gasteiger partial charge in [0, 0.05) is 31.6 Å². The van der Waals surface area contributed by atoms with Crippen LogP contribution in [0.4, 0.5) is 0 Å². The van der Waals surface area contributed by atoms with Crippen molar-refractivity contribution >= 4 is 21.9 Å². The number of carbonyl (C=O) groups excluding carboxylic acids is 2. The summed E-state index contributed by atoms with van der Waals surface area (Å²) in [6, 6.07) is 15.8. The SMILES string of the molecule is N#CCCNS(=O)(=O)c1ccc(C(=O)OC(C(=O)N2CCOCC2)c2ccccc2)cc1. The number of hydrogen-bond donors (Lipinski definition) is 1. The number of esters is 1. The monoisotopic (exact) mass is 457 g/mol. The van der Waals surface area contributed by atoms with Crippen molar-refractivity contribution in [2.75, 3.05) is 32.8 Å². The quantitative estimate of drug-likeness (QED) is 0.472.